The van der Waals surface area contributed by atoms with Crippen molar-refractivity contribution in [2.45, 2.75) is 39.5 Å². The fraction of sp³-hybridized carbons (Fsp3) is 0.150. The molecule has 9 rings (SSSR count). The van der Waals surface area contributed by atoms with Crippen LogP contribution in [0.3, 0.4) is 0 Å². The number of hydrogen-bond acceptors (Lipinski definition) is 2. The summed E-state index contributed by atoms with van der Waals surface area (Å²) in [7, 11) is 0. The molecule has 0 unspecified atom stereocenters. The molecule has 202 valence electrons. The van der Waals surface area contributed by atoms with Crippen LogP contribution >= 0.6 is 0 Å². The smallest absolute Gasteiger partial charge is 0.0754 e. The number of aliphatic imine (C=N–C) groups is 2. The Kier molecular flexibility index (Phi) is 5.55. The van der Waals surface area contributed by atoms with Gasteiger partial charge in [0.15, 0.2) is 0 Å². The molecule has 0 fully saturated rings. The van der Waals surface area contributed by atoms with Gasteiger partial charge in [-0.2, -0.15) is 0 Å². The first kappa shape index (κ1) is 24.9. The highest BCUT2D eigenvalue weighted by Gasteiger charge is 2.46. The van der Waals surface area contributed by atoms with E-state index in [2.05, 4.69) is 137 Å². The lowest BCUT2D eigenvalue weighted by Crippen LogP contribution is -2.41. The Bertz CT molecular complexity index is 1870. The quantitative estimate of drug-likeness (QED) is 0.209. The Morgan fingerprint density at radius 2 is 0.667 bits per heavy atom. The van der Waals surface area contributed by atoms with E-state index in [9.17, 15) is 0 Å². The predicted octanol–water partition coefficient (Wildman–Crippen LogP) is 10.4. The van der Waals surface area contributed by atoms with E-state index in [1.807, 2.05) is 0 Å². The maximum absolute atomic E-state index is 5.58. The van der Waals surface area contributed by atoms with Gasteiger partial charge in [0.2, 0.25) is 0 Å². The Morgan fingerprint density at radius 3 is 0.952 bits per heavy atom. The summed E-state index contributed by atoms with van der Waals surface area (Å²) in [5.74, 6) is -0.00687. The van der Waals surface area contributed by atoms with Gasteiger partial charge in [-0.3, -0.25) is 0 Å². The summed E-state index contributed by atoms with van der Waals surface area (Å²) in [6.45, 7) is 8.66. The highest BCUT2D eigenvalue weighted by molar-refractivity contribution is 6.50. The largest absolute Gasteiger partial charge is 0.250 e. The van der Waals surface area contributed by atoms with Crippen molar-refractivity contribution in [3.05, 3.63) is 154 Å². The van der Waals surface area contributed by atoms with Crippen molar-refractivity contribution in [2.75, 3.05) is 0 Å². The van der Waals surface area contributed by atoms with E-state index in [0.29, 0.717) is 0 Å². The Balaban J connectivity index is 1.52. The average Bonchev–Trinajstić information content (AvgIpc) is 2.99. The molecular weight excluding hydrogens is 508 g/mol. The molecule has 0 atom stereocenters. The third kappa shape index (κ3) is 3.72. The molecule has 0 heterocycles. The second-order valence-corrected chi connectivity index (χ2v) is 12.0. The van der Waals surface area contributed by atoms with E-state index in [4.69, 9.17) is 9.98 Å². The van der Waals surface area contributed by atoms with Gasteiger partial charge in [0.1, 0.15) is 0 Å². The lowest BCUT2D eigenvalue weighted by atomic mass is 9.61. The van der Waals surface area contributed by atoms with Crippen molar-refractivity contribution in [3.63, 3.8) is 0 Å². The van der Waals surface area contributed by atoms with Crippen molar-refractivity contribution >= 4 is 44.3 Å². The molecule has 2 heteroatoms. The minimum absolute atomic E-state index is 0.00343. The molecule has 6 aromatic rings. The minimum atomic E-state index is -0.00343. The fourth-order valence-corrected chi connectivity index (χ4v) is 7.22. The monoisotopic (exact) mass is 540 g/mol. The maximum Gasteiger partial charge on any atom is 0.0754 e. The van der Waals surface area contributed by atoms with E-state index < -0.39 is 0 Å². The van der Waals surface area contributed by atoms with Gasteiger partial charge in [-0.15, -0.1) is 0 Å². The normalized spacial score (nSPS) is 19.0. The summed E-state index contributed by atoms with van der Waals surface area (Å²) in [6, 6.07) is 40.0. The van der Waals surface area contributed by atoms with Crippen LogP contribution < -0.4 is 0 Å². The third-order valence-electron chi connectivity index (χ3n) is 9.30. The average molecular weight is 541 g/mol. The Morgan fingerprint density at radius 1 is 0.381 bits per heavy atom. The molecule has 0 spiro atoms. The second kappa shape index (κ2) is 9.36. The molecule has 3 aliphatic carbocycles. The zero-order valence-corrected chi connectivity index (χ0v) is 24.4. The fourth-order valence-electron chi connectivity index (χ4n) is 7.22. The van der Waals surface area contributed by atoms with Gasteiger partial charge >= 0.3 is 0 Å². The highest BCUT2D eigenvalue weighted by atomic mass is 14.9. The molecule has 0 saturated heterocycles. The molecule has 2 bridgehead atoms. The predicted molar refractivity (Wildman–Crippen MR) is 178 cm³/mol. The topological polar surface area (TPSA) is 24.7 Å². The van der Waals surface area contributed by atoms with Gasteiger partial charge in [-0.05, 0) is 118 Å². The van der Waals surface area contributed by atoms with Crippen LogP contribution in [-0.2, 0) is 0 Å². The van der Waals surface area contributed by atoms with Crippen LogP contribution in [0.15, 0.2) is 119 Å². The molecule has 0 aromatic heterocycles. The zero-order chi connectivity index (χ0) is 28.5. The lowest BCUT2D eigenvalue weighted by Gasteiger charge is -2.43. The van der Waals surface area contributed by atoms with Crippen molar-refractivity contribution in [1.29, 1.82) is 0 Å². The number of rotatable bonds is 2. The van der Waals surface area contributed by atoms with Crippen molar-refractivity contribution < 1.29 is 0 Å². The van der Waals surface area contributed by atoms with E-state index in [0.717, 1.165) is 22.8 Å². The van der Waals surface area contributed by atoms with E-state index in [1.165, 1.54) is 66.1 Å². The molecule has 3 aliphatic rings. The summed E-state index contributed by atoms with van der Waals surface area (Å²) in [4.78, 5) is 11.2. The zero-order valence-electron chi connectivity index (χ0n) is 24.4. The summed E-state index contributed by atoms with van der Waals surface area (Å²) >= 11 is 0. The highest BCUT2D eigenvalue weighted by Crippen LogP contribution is 2.53. The molecule has 6 aromatic carbocycles. The number of nitrogens with zero attached hydrogens (tertiary/aromatic N) is 2. The maximum atomic E-state index is 5.58. The first-order valence-corrected chi connectivity index (χ1v) is 14.8. The molecule has 0 N–H and O–H groups in total. The van der Waals surface area contributed by atoms with Gasteiger partial charge in [0, 0.05) is 0 Å². The third-order valence-corrected chi connectivity index (χ3v) is 9.30. The standard InChI is InChI=1S/C40H32N2/c1-23-11-9-12-24(2)37(23)41-39-35-31-19-27-15-5-7-17-29(27)21-33(31)36(40(39)42-38-25(3)13-10-14-26(38)4)34-22-30-18-8-6-16-28(30)20-32(34)35/h5-22,35-36H,1-4H3/b41-39+,42-40+. The number of para-hydroxylation sites is 2. The van der Waals surface area contributed by atoms with E-state index in [-0.39, 0.29) is 11.8 Å². The van der Waals surface area contributed by atoms with Crippen LogP contribution in [0.5, 0.6) is 0 Å². The first-order valence-electron chi connectivity index (χ1n) is 14.8. The van der Waals surface area contributed by atoms with Crippen LogP contribution in [-0.4, -0.2) is 11.4 Å². The summed E-state index contributed by atoms with van der Waals surface area (Å²) in [5, 5.41) is 5.08. The molecule has 42 heavy (non-hydrogen) atoms. The van der Waals surface area contributed by atoms with Gasteiger partial charge in [0.05, 0.1) is 34.6 Å². The summed E-state index contributed by atoms with van der Waals surface area (Å²) in [5.41, 5.74) is 14.4. The van der Waals surface area contributed by atoms with Crippen molar-refractivity contribution in [3.8, 4) is 0 Å². The second-order valence-electron chi connectivity index (χ2n) is 12.0. The molecule has 0 aliphatic heterocycles. The number of aryl methyl sites for hydroxylation is 4. The Labute approximate surface area is 247 Å². The van der Waals surface area contributed by atoms with Crippen molar-refractivity contribution in [2.24, 2.45) is 9.98 Å². The van der Waals surface area contributed by atoms with E-state index in [1.54, 1.807) is 0 Å². The Hall–Kier alpha value is -4.82. The molecular formula is C40H32N2. The van der Waals surface area contributed by atoms with Crippen molar-refractivity contribution in [1.82, 2.24) is 0 Å². The SMILES string of the molecule is Cc1cccc(C)c1/N=C1/C(=N/c2c(C)cccc2C)C2c3cc4ccccc4cc3C1c1cc3ccccc3cc12. The number of fused-ring (bicyclic) bond motifs is 3. The number of benzene rings is 6. The molecule has 0 saturated carbocycles. The first-order chi connectivity index (χ1) is 20.5. The van der Waals surface area contributed by atoms with Crippen LogP contribution in [0.1, 0.15) is 56.3 Å². The van der Waals surface area contributed by atoms with Crippen LogP contribution in [0.4, 0.5) is 11.4 Å². The summed E-state index contributed by atoms with van der Waals surface area (Å²) < 4.78 is 0. The van der Waals surface area contributed by atoms with Gasteiger partial charge in [-0.1, -0.05) is 84.9 Å². The van der Waals surface area contributed by atoms with Crippen LogP contribution in [0.25, 0.3) is 21.5 Å². The van der Waals surface area contributed by atoms with Gasteiger partial charge in [-0.25, -0.2) is 9.98 Å². The molecule has 0 amide bonds. The summed E-state index contributed by atoms with van der Waals surface area (Å²) in [6.07, 6.45) is 0. The minimum Gasteiger partial charge on any atom is -0.250 e. The van der Waals surface area contributed by atoms with Gasteiger partial charge in [0.25, 0.3) is 0 Å². The van der Waals surface area contributed by atoms with Gasteiger partial charge < -0.3 is 0 Å². The van der Waals surface area contributed by atoms with Crippen LogP contribution in [0.2, 0.25) is 0 Å². The molecule has 0 radical (unpaired) electrons. The number of hydrogen-bond donors (Lipinski definition) is 0. The van der Waals surface area contributed by atoms with Crippen LogP contribution in [0, 0.1) is 27.7 Å². The molecule has 2 nitrogen and oxygen atoms in total. The lowest BCUT2D eigenvalue weighted by molar-refractivity contribution is 0.883. The van der Waals surface area contributed by atoms with E-state index >= 15 is 0 Å².